The highest BCUT2D eigenvalue weighted by atomic mass is 32.2. The van der Waals surface area contributed by atoms with E-state index in [9.17, 15) is 14.2 Å². The molecule has 1 aliphatic carbocycles. The molecule has 23 heavy (non-hydrogen) atoms. The molecule has 1 N–H and O–H groups in total. The minimum absolute atomic E-state index is 0.0969. The average Bonchev–Trinajstić information content (AvgIpc) is 3.25. The fraction of sp³-hybridized carbons (Fsp3) is 0.588. The van der Waals surface area contributed by atoms with Gasteiger partial charge >= 0.3 is 0 Å². The number of nitriles is 1. The zero-order chi connectivity index (χ0) is 16.8. The predicted octanol–water partition coefficient (Wildman–Crippen LogP) is 3.03. The van der Waals surface area contributed by atoms with E-state index < -0.39 is 22.2 Å². The molecule has 1 aromatic carbocycles. The van der Waals surface area contributed by atoms with Crippen molar-refractivity contribution >= 4 is 11.4 Å². The smallest absolute Gasteiger partial charge is 0.146 e. The van der Waals surface area contributed by atoms with Gasteiger partial charge in [-0.25, -0.2) is 4.39 Å². The first-order valence-electron chi connectivity index (χ1n) is 7.77. The molecule has 0 saturated heterocycles. The Bertz CT molecular complexity index is 649. The maximum Gasteiger partial charge on any atom is 0.146 e. The number of nitrogens with zero attached hydrogens (tertiary/aromatic N) is 1. The van der Waals surface area contributed by atoms with Gasteiger partial charge in [0.15, 0.2) is 0 Å². The van der Waals surface area contributed by atoms with Crippen molar-refractivity contribution in [3.8, 4) is 11.8 Å². The number of ether oxygens (including phenoxy) is 1. The van der Waals surface area contributed by atoms with Crippen LogP contribution in [0.4, 0.5) is 4.39 Å². The summed E-state index contributed by atoms with van der Waals surface area (Å²) in [5, 5.41) is 9.67. The minimum atomic E-state index is -1.34. The lowest BCUT2D eigenvalue weighted by molar-refractivity contribution is 0.166. The van der Waals surface area contributed by atoms with E-state index in [1.807, 2.05) is 20.8 Å². The second-order valence-corrected chi connectivity index (χ2v) is 9.41. The highest BCUT2D eigenvalue weighted by Crippen LogP contribution is 2.61. The van der Waals surface area contributed by atoms with Crippen LogP contribution in [-0.4, -0.2) is 21.9 Å². The monoisotopic (exact) mass is 336 g/mol. The van der Waals surface area contributed by atoms with E-state index in [4.69, 9.17) is 4.74 Å². The molecule has 1 saturated carbocycles. The van der Waals surface area contributed by atoms with Crippen molar-refractivity contribution < 1.29 is 13.7 Å². The molecule has 0 aromatic heterocycles. The van der Waals surface area contributed by atoms with Gasteiger partial charge in [0.25, 0.3) is 0 Å². The quantitative estimate of drug-likeness (QED) is 0.862. The Balaban J connectivity index is 1.94. The number of nitrogens with one attached hydrogen (secondary N) is 1. The molecule has 1 aliphatic heterocycles. The van der Waals surface area contributed by atoms with Gasteiger partial charge in [-0.05, 0) is 39.7 Å². The van der Waals surface area contributed by atoms with E-state index in [0.29, 0.717) is 12.4 Å². The van der Waals surface area contributed by atoms with Gasteiger partial charge in [-0.2, -0.15) is 5.26 Å². The number of fused-ring (bicyclic) bond motifs is 1. The maximum atomic E-state index is 13.5. The zero-order valence-electron chi connectivity index (χ0n) is 13.6. The van der Waals surface area contributed by atoms with Crippen LogP contribution in [0, 0.1) is 22.6 Å². The minimum Gasteiger partial charge on any atom is -0.598 e. The average molecular weight is 336 g/mol. The number of benzene rings is 1. The van der Waals surface area contributed by atoms with Gasteiger partial charge in [0, 0.05) is 34.3 Å². The van der Waals surface area contributed by atoms with Gasteiger partial charge < -0.3 is 9.29 Å². The van der Waals surface area contributed by atoms with Crippen molar-refractivity contribution in [2.45, 2.75) is 50.3 Å². The SMILES string of the molecule is CC(C)(C)[S+]([O-])N[C@H](C#N)C1c2ccc(F)cc2OCC12CC2. The Morgan fingerprint density at radius 1 is 1.48 bits per heavy atom. The summed E-state index contributed by atoms with van der Waals surface area (Å²) >= 11 is -1.34. The van der Waals surface area contributed by atoms with Crippen LogP contribution in [0.1, 0.15) is 45.1 Å². The highest BCUT2D eigenvalue weighted by Gasteiger charge is 2.57. The van der Waals surface area contributed by atoms with Crippen molar-refractivity contribution in [1.29, 1.82) is 5.26 Å². The molecule has 3 atom stereocenters. The summed E-state index contributed by atoms with van der Waals surface area (Å²) in [6.45, 7) is 6.08. The van der Waals surface area contributed by atoms with E-state index in [-0.39, 0.29) is 17.2 Å². The van der Waals surface area contributed by atoms with Crippen molar-refractivity contribution in [2.24, 2.45) is 5.41 Å². The van der Waals surface area contributed by atoms with Crippen LogP contribution in [0.5, 0.6) is 5.75 Å². The van der Waals surface area contributed by atoms with Gasteiger partial charge in [0.1, 0.15) is 22.4 Å². The Labute approximate surface area is 139 Å². The molecule has 0 amide bonds. The van der Waals surface area contributed by atoms with Crippen LogP contribution >= 0.6 is 0 Å². The third kappa shape index (κ3) is 3.06. The molecule has 6 heteroatoms. The van der Waals surface area contributed by atoms with Crippen molar-refractivity contribution in [3.63, 3.8) is 0 Å². The van der Waals surface area contributed by atoms with Crippen molar-refractivity contribution in [1.82, 2.24) is 4.72 Å². The van der Waals surface area contributed by atoms with Gasteiger partial charge in [0.05, 0.1) is 12.7 Å². The third-order valence-electron chi connectivity index (χ3n) is 4.64. The van der Waals surface area contributed by atoms with Gasteiger partial charge in [-0.15, -0.1) is 4.72 Å². The van der Waals surface area contributed by atoms with Gasteiger partial charge in [-0.3, -0.25) is 0 Å². The molecule has 1 aromatic rings. The zero-order valence-corrected chi connectivity index (χ0v) is 14.4. The van der Waals surface area contributed by atoms with E-state index in [1.165, 1.54) is 12.1 Å². The molecule has 1 heterocycles. The van der Waals surface area contributed by atoms with Gasteiger partial charge in [0.2, 0.25) is 0 Å². The molecule has 124 valence electrons. The Morgan fingerprint density at radius 2 is 2.17 bits per heavy atom. The lowest BCUT2D eigenvalue weighted by atomic mass is 9.77. The first-order valence-corrected chi connectivity index (χ1v) is 8.92. The predicted molar refractivity (Wildman–Crippen MR) is 86.7 cm³/mol. The highest BCUT2D eigenvalue weighted by molar-refractivity contribution is 7.90. The van der Waals surface area contributed by atoms with Crippen molar-refractivity contribution in [3.05, 3.63) is 29.6 Å². The molecule has 1 fully saturated rings. The second-order valence-electron chi connectivity index (χ2n) is 7.42. The molecule has 1 spiro atoms. The summed E-state index contributed by atoms with van der Waals surface area (Å²) in [7, 11) is 0. The number of rotatable bonds is 3. The largest absolute Gasteiger partial charge is 0.598 e. The fourth-order valence-electron chi connectivity index (χ4n) is 3.14. The Morgan fingerprint density at radius 3 is 2.74 bits per heavy atom. The lowest BCUT2D eigenvalue weighted by Crippen LogP contribution is -2.49. The summed E-state index contributed by atoms with van der Waals surface area (Å²) in [4.78, 5) is 0. The Hall–Kier alpha value is -1.29. The topological polar surface area (TPSA) is 68.1 Å². The van der Waals surface area contributed by atoms with Crippen LogP contribution in [-0.2, 0) is 11.4 Å². The van der Waals surface area contributed by atoms with Crippen LogP contribution in [0.3, 0.4) is 0 Å². The van der Waals surface area contributed by atoms with E-state index in [2.05, 4.69) is 10.8 Å². The second kappa shape index (κ2) is 5.66. The van der Waals surface area contributed by atoms with Crippen LogP contribution in [0.25, 0.3) is 0 Å². The molecule has 3 rings (SSSR count). The maximum absolute atomic E-state index is 13.5. The number of hydrogen-bond acceptors (Lipinski definition) is 4. The molecule has 0 bridgehead atoms. The van der Waals surface area contributed by atoms with E-state index in [1.54, 1.807) is 6.07 Å². The molecule has 0 radical (unpaired) electrons. The van der Waals surface area contributed by atoms with Gasteiger partial charge in [-0.1, -0.05) is 6.07 Å². The molecular formula is C17H21FN2O2S. The summed E-state index contributed by atoms with van der Waals surface area (Å²) in [6, 6.07) is 6.14. The molecule has 2 aliphatic rings. The number of halogens is 1. The number of hydrogen-bond donors (Lipinski definition) is 1. The van der Waals surface area contributed by atoms with Crippen LogP contribution in [0.15, 0.2) is 18.2 Å². The van der Waals surface area contributed by atoms with Crippen molar-refractivity contribution in [2.75, 3.05) is 6.61 Å². The normalized spacial score (nSPS) is 24.3. The van der Waals surface area contributed by atoms with Crippen LogP contribution in [0.2, 0.25) is 0 Å². The Kier molecular flexibility index (Phi) is 4.07. The fourth-order valence-corrected chi connectivity index (χ4v) is 3.91. The molecule has 4 nitrogen and oxygen atoms in total. The molecular weight excluding hydrogens is 315 g/mol. The lowest BCUT2D eigenvalue weighted by Gasteiger charge is -2.37. The first kappa shape index (κ1) is 16.6. The molecule has 2 unspecified atom stereocenters. The summed E-state index contributed by atoms with van der Waals surface area (Å²) in [5.74, 6) is 0.00764. The summed E-state index contributed by atoms with van der Waals surface area (Å²) in [5.41, 5.74) is 0.737. The van der Waals surface area contributed by atoms with E-state index in [0.717, 1.165) is 18.4 Å². The summed E-state index contributed by atoms with van der Waals surface area (Å²) < 4.78 is 34.2. The third-order valence-corrected chi connectivity index (χ3v) is 6.22. The summed E-state index contributed by atoms with van der Waals surface area (Å²) in [6.07, 6.45) is 1.94. The first-order chi connectivity index (χ1) is 10.8. The standard InChI is InChI=1S/C17H21FN2O2S/c1-16(2,3)23(21)20-13(9-19)15-12-5-4-11(18)8-14(12)22-10-17(15)6-7-17/h4-5,8,13,15,20H,6-7,10H2,1-3H3/t13-,15?,23?/m1/s1. The van der Waals surface area contributed by atoms with E-state index >= 15 is 0 Å². The van der Waals surface area contributed by atoms with Crippen LogP contribution < -0.4 is 9.46 Å².